The molecule has 0 spiro atoms. The van der Waals surface area contributed by atoms with Gasteiger partial charge < -0.3 is 4.74 Å². The summed E-state index contributed by atoms with van der Waals surface area (Å²) in [7, 11) is 1.31. The lowest BCUT2D eigenvalue weighted by Gasteiger charge is -2.07. The number of nitrogens with zero attached hydrogens (tertiary/aromatic N) is 4. The summed E-state index contributed by atoms with van der Waals surface area (Å²) in [5, 5.41) is 4.02. The van der Waals surface area contributed by atoms with Gasteiger partial charge in [-0.1, -0.05) is 22.0 Å². The van der Waals surface area contributed by atoms with Crippen LogP contribution in [-0.4, -0.2) is 41.9 Å². The summed E-state index contributed by atoms with van der Waals surface area (Å²) in [5.41, 5.74) is 6.11. The van der Waals surface area contributed by atoms with Crippen LogP contribution in [0.4, 0.5) is 5.69 Å². The number of hydrogen-bond acceptors (Lipinski definition) is 7. The fourth-order valence-electron chi connectivity index (χ4n) is 2.34. The monoisotopic (exact) mass is 413 g/mol. The number of nitrogens with one attached hydrogen (secondary N) is 1. The number of benzene rings is 1. The quantitative estimate of drug-likeness (QED) is 0.475. The zero-order chi connectivity index (χ0) is 18.5. The molecule has 0 fully saturated rings. The van der Waals surface area contributed by atoms with Gasteiger partial charge in [0, 0.05) is 16.2 Å². The van der Waals surface area contributed by atoms with E-state index in [2.05, 4.69) is 46.2 Å². The molecule has 2 heterocycles. The molecule has 0 aliphatic carbocycles. The Morgan fingerprint density at radius 2 is 2.15 bits per heavy atom. The molecule has 1 aromatic carbocycles. The normalized spacial score (nSPS) is 13.9. The fraction of sp³-hybridized carbons (Fsp3) is 0.167. The second-order valence-corrected chi connectivity index (χ2v) is 6.32. The standard InChI is InChI=1S/C18H16BrN5O2/c1-11(18(25)26-2)23-24-16-10-21-17(15-5-3-4-8-20-15)13-9-12(19)6-7-14(13)22-16/h3-9H,10H2,1-2H3,(H,22,24)/b23-11-. The van der Waals surface area contributed by atoms with Crippen LogP contribution >= 0.6 is 15.9 Å². The maximum absolute atomic E-state index is 11.5. The lowest BCUT2D eigenvalue weighted by atomic mass is 10.0. The van der Waals surface area contributed by atoms with E-state index >= 15 is 0 Å². The smallest absolute Gasteiger partial charge is 0.353 e. The van der Waals surface area contributed by atoms with E-state index in [1.807, 2.05) is 36.4 Å². The number of carbonyl (C=O) groups is 1. The summed E-state index contributed by atoms with van der Waals surface area (Å²) in [5.74, 6) is 0.0106. The van der Waals surface area contributed by atoms with Crippen LogP contribution in [0.5, 0.6) is 0 Å². The topological polar surface area (TPSA) is 88.3 Å². The Hall–Kier alpha value is -2.87. The molecule has 0 amide bonds. The second kappa shape index (κ2) is 8.01. The number of hydrazone groups is 1. The van der Waals surface area contributed by atoms with Gasteiger partial charge in [0.2, 0.25) is 0 Å². The zero-order valence-electron chi connectivity index (χ0n) is 14.2. The Balaban J connectivity index is 1.99. The molecule has 0 radical (unpaired) electrons. The van der Waals surface area contributed by atoms with Gasteiger partial charge in [0.15, 0.2) is 0 Å². The first-order chi connectivity index (χ1) is 12.6. The van der Waals surface area contributed by atoms with Gasteiger partial charge in [-0.15, -0.1) is 0 Å². The molecule has 0 saturated carbocycles. The lowest BCUT2D eigenvalue weighted by Crippen LogP contribution is -2.24. The van der Waals surface area contributed by atoms with E-state index in [0.29, 0.717) is 5.84 Å². The molecule has 1 aliphatic heterocycles. The van der Waals surface area contributed by atoms with Crippen molar-refractivity contribution in [1.29, 1.82) is 0 Å². The largest absolute Gasteiger partial charge is 0.464 e. The number of halogens is 1. The highest BCUT2D eigenvalue weighted by Crippen LogP contribution is 2.27. The highest BCUT2D eigenvalue weighted by atomic mass is 79.9. The summed E-state index contributed by atoms with van der Waals surface area (Å²) < 4.78 is 5.55. The Morgan fingerprint density at radius 1 is 1.31 bits per heavy atom. The van der Waals surface area contributed by atoms with E-state index in [0.717, 1.165) is 27.1 Å². The van der Waals surface area contributed by atoms with E-state index < -0.39 is 5.97 Å². The number of carbonyl (C=O) groups excluding carboxylic acids is 1. The van der Waals surface area contributed by atoms with Crippen molar-refractivity contribution in [3.05, 3.63) is 58.3 Å². The SMILES string of the molecule is COC(=O)/C(C)=N\NC1=Nc2ccc(Br)cc2C(c2ccccn2)=NC1. The molecule has 2 aromatic rings. The van der Waals surface area contributed by atoms with Crippen molar-refractivity contribution in [2.45, 2.75) is 6.92 Å². The minimum atomic E-state index is -0.506. The summed E-state index contributed by atoms with van der Waals surface area (Å²) >= 11 is 3.49. The van der Waals surface area contributed by atoms with Gasteiger partial charge in [-0.25, -0.2) is 9.79 Å². The third-order valence-electron chi connectivity index (χ3n) is 3.60. The number of fused-ring (bicyclic) bond motifs is 1. The highest BCUT2D eigenvalue weighted by Gasteiger charge is 2.17. The first kappa shape index (κ1) is 17.9. The first-order valence-corrected chi connectivity index (χ1v) is 8.59. The van der Waals surface area contributed by atoms with Gasteiger partial charge in [0.1, 0.15) is 11.5 Å². The van der Waals surface area contributed by atoms with Gasteiger partial charge in [-0.05, 0) is 37.3 Å². The van der Waals surface area contributed by atoms with Crippen molar-refractivity contribution in [1.82, 2.24) is 10.4 Å². The van der Waals surface area contributed by atoms with Crippen LogP contribution in [0.25, 0.3) is 0 Å². The average molecular weight is 414 g/mol. The molecule has 0 atom stereocenters. The molecule has 7 nitrogen and oxygen atoms in total. The van der Waals surface area contributed by atoms with Crippen molar-refractivity contribution < 1.29 is 9.53 Å². The third kappa shape index (κ3) is 4.02. The number of hydrogen-bond donors (Lipinski definition) is 1. The van der Waals surface area contributed by atoms with Crippen LogP contribution in [0.15, 0.2) is 62.2 Å². The van der Waals surface area contributed by atoms with Crippen LogP contribution in [0.1, 0.15) is 18.2 Å². The number of pyridine rings is 1. The molecular weight excluding hydrogens is 398 g/mol. The predicted molar refractivity (Wildman–Crippen MR) is 104 cm³/mol. The van der Waals surface area contributed by atoms with Crippen LogP contribution in [0.2, 0.25) is 0 Å². The van der Waals surface area contributed by atoms with E-state index in [1.54, 1.807) is 13.1 Å². The summed E-state index contributed by atoms with van der Waals surface area (Å²) in [6.45, 7) is 1.83. The summed E-state index contributed by atoms with van der Waals surface area (Å²) in [6.07, 6.45) is 1.73. The molecule has 1 aromatic heterocycles. The van der Waals surface area contributed by atoms with Crippen LogP contribution < -0.4 is 5.43 Å². The van der Waals surface area contributed by atoms with Gasteiger partial charge >= 0.3 is 5.97 Å². The minimum absolute atomic E-state index is 0.199. The second-order valence-electron chi connectivity index (χ2n) is 5.40. The van der Waals surface area contributed by atoms with Gasteiger partial charge in [-0.2, -0.15) is 5.10 Å². The van der Waals surface area contributed by atoms with E-state index in [4.69, 9.17) is 0 Å². The lowest BCUT2D eigenvalue weighted by molar-refractivity contribution is -0.132. The van der Waals surface area contributed by atoms with Crippen molar-refractivity contribution in [2.75, 3.05) is 13.7 Å². The number of aliphatic imine (C=N–C) groups is 2. The first-order valence-electron chi connectivity index (χ1n) is 7.80. The minimum Gasteiger partial charge on any atom is -0.464 e. The highest BCUT2D eigenvalue weighted by molar-refractivity contribution is 9.10. The van der Waals surface area contributed by atoms with Crippen LogP contribution in [0.3, 0.4) is 0 Å². The van der Waals surface area contributed by atoms with Crippen molar-refractivity contribution in [3.8, 4) is 0 Å². The third-order valence-corrected chi connectivity index (χ3v) is 4.09. The Bertz CT molecular complexity index is 922. The van der Waals surface area contributed by atoms with Crippen molar-refractivity contribution >= 4 is 44.8 Å². The molecular formula is C18H16BrN5O2. The molecule has 0 bridgehead atoms. The molecule has 1 aliphatic rings. The molecule has 132 valence electrons. The van der Waals surface area contributed by atoms with E-state index in [-0.39, 0.29) is 12.3 Å². The zero-order valence-corrected chi connectivity index (χ0v) is 15.8. The number of methoxy groups -OCH3 is 1. The van der Waals surface area contributed by atoms with Gasteiger partial charge in [0.25, 0.3) is 0 Å². The number of rotatable bonds is 3. The number of aromatic nitrogens is 1. The summed E-state index contributed by atoms with van der Waals surface area (Å²) in [6, 6.07) is 11.4. The average Bonchev–Trinajstić information content (AvgIpc) is 2.85. The number of ether oxygens (including phenoxy) is 1. The van der Waals surface area contributed by atoms with Crippen LogP contribution in [-0.2, 0) is 9.53 Å². The van der Waals surface area contributed by atoms with Gasteiger partial charge in [-0.3, -0.25) is 15.4 Å². The summed E-state index contributed by atoms with van der Waals surface area (Å²) in [4.78, 5) is 25.1. The molecule has 3 rings (SSSR count). The van der Waals surface area contributed by atoms with Crippen LogP contribution in [0, 0.1) is 0 Å². The Labute approximate surface area is 159 Å². The molecule has 0 saturated heterocycles. The number of esters is 1. The number of amidine groups is 1. The molecule has 8 heteroatoms. The molecule has 0 unspecified atom stereocenters. The van der Waals surface area contributed by atoms with E-state index in [9.17, 15) is 4.79 Å². The van der Waals surface area contributed by atoms with Crippen molar-refractivity contribution in [3.63, 3.8) is 0 Å². The van der Waals surface area contributed by atoms with Gasteiger partial charge in [0.05, 0.1) is 30.7 Å². The maximum atomic E-state index is 11.5. The van der Waals surface area contributed by atoms with E-state index in [1.165, 1.54) is 7.11 Å². The maximum Gasteiger partial charge on any atom is 0.353 e. The molecule has 26 heavy (non-hydrogen) atoms. The molecule has 1 N–H and O–H groups in total. The Kier molecular flexibility index (Phi) is 5.52. The van der Waals surface area contributed by atoms with Crippen molar-refractivity contribution in [2.24, 2.45) is 15.1 Å². The Morgan fingerprint density at radius 3 is 2.88 bits per heavy atom. The fourth-order valence-corrected chi connectivity index (χ4v) is 2.70. The predicted octanol–water partition coefficient (Wildman–Crippen LogP) is 2.86.